The predicted molar refractivity (Wildman–Crippen MR) is 129 cm³/mol. The number of hydrogen-bond acceptors (Lipinski definition) is 6. The van der Waals surface area contributed by atoms with E-state index in [1.165, 1.54) is 11.8 Å². The molecule has 8 heteroatoms. The molecule has 2 aromatic heterocycles. The number of piperazine rings is 1. The average Bonchev–Trinajstić information content (AvgIpc) is 2.82. The highest BCUT2D eigenvalue weighted by Crippen LogP contribution is 2.20. The second-order valence-corrected chi connectivity index (χ2v) is 9.34. The second-order valence-electron chi connectivity index (χ2n) is 8.40. The molecule has 3 aromatic rings. The van der Waals surface area contributed by atoms with Crippen molar-refractivity contribution in [3.8, 4) is 0 Å². The minimum Gasteiger partial charge on any atom is -0.353 e. The number of rotatable bonds is 7. The maximum atomic E-state index is 13.1. The first-order valence-electron chi connectivity index (χ1n) is 11.1. The van der Waals surface area contributed by atoms with Crippen molar-refractivity contribution < 1.29 is 4.79 Å². The van der Waals surface area contributed by atoms with E-state index in [2.05, 4.69) is 23.7 Å². The highest BCUT2D eigenvalue weighted by atomic mass is 32.2. The lowest BCUT2D eigenvalue weighted by molar-refractivity contribution is -0.128. The van der Waals surface area contributed by atoms with Crippen LogP contribution in [0.3, 0.4) is 0 Å². The van der Waals surface area contributed by atoms with Crippen LogP contribution in [0.1, 0.15) is 20.3 Å². The SMILES string of the molecule is CC(C)CCn1c(SCC(=O)N2CCN(c3ccccn3)CC2)nc2ccccc2c1=O. The van der Waals surface area contributed by atoms with Crippen molar-refractivity contribution in [1.29, 1.82) is 0 Å². The minimum absolute atomic E-state index is 0.0322. The molecule has 1 fully saturated rings. The molecule has 4 rings (SSSR count). The number of anilines is 1. The molecule has 0 spiro atoms. The Morgan fingerprint density at radius 2 is 1.81 bits per heavy atom. The molecular weight excluding hydrogens is 422 g/mol. The smallest absolute Gasteiger partial charge is 0.262 e. The molecule has 0 bridgehead atoms. The van der Waals surface area contributed by atoms with E-state index in [4.69, 9.17) is 4.98 Å². The summed E-state index contributed by atoms with van der Waals surface area (Å²) in [5, 5.41) is 1.24. The summed E-state index contributed by atoms with van der Waals surface area (Å²) in [6.45, 7) is 7.75. The first kappa shape index (κ1) is 22.3. The lowest BCUT2D eigenvalue weighted by Crippen LogP contribution is -2.49. The lowest BCUT2D eigenvalue weighted by Gasteiger charge is -2.35. The molecule has 3 heterocycles. The summed E-state index contributed by atoms with van der Waals surface area (Å²) < 4.78 is 1.74. The number of carbonyl (C=O) groups excluding carboxylic acids is 1. The first-order valence-corrected chi connectivity index (χ1v) is 12.1. The summed E-state index contributed by atoms with van der Waals surface area (Å²) in [7, 11) is 0. The van der Waals surface area contributed by atoms with Crippen LogP contribution in [-0.2, 0) is 11.3 Å². The number of amides is 1. The molecule has 1 saturated heterocycles. The Hall–Kier alpha value is -2.87. The Labute approximate surface area is 192 Å². The molecule has 7 nitrogen and oxygen atoms in total. The first-order chi connectivity index (χ1) is 15.5. The molecule has 0 unspecified atom stereocenters. The molecule has 0 saturated carbocycles. The fourth-order valence-corrected chi connectivity index (χ4v) is 4.71. The summed E-state index contributed by atoms with van der Waals surface area (Å²) in [6, 6.07) is 13.3. The number of aromatic nitrogens is 3. The average molecular weight is 452 g/mol. The van der Waals surface area contributed by atoms with Gasteiger partial charge in [0.1, 0.15) is 5.82 Å². The molecule has 0 radical (unpaired) electrons. The van der Waals surface area contributed by atoms with Gasteiger partial charge in [-0.05, 0) is 36.6 Å². The van der Waals surface area contributed by atoms with Gasteiger partial charge in [0, 0.05) is 38.9 Å². The Kier molecular flexibility index (Phi) is 7.09. The topological polar surface area (TPSA) is 71.3 Å². The van der Waals surface area contributed by atoms with Gasteiger partial charge in [0.25, 0.3) is 5.56 Å². The molecule has 0 atom stereocenters. The third kappa shape index (κ3) is 5.12. The number of carbonyl (C=O) groups is 1. The highest BCUT2D eigenvalue weighted by Gasteiger charge is 2.22. The second kappa shape index (κ2) is 10.2. The maximum absolute atomic E-state index is 13.1. The number of benzene rings is 1. The van der Waals surface area contributed by atoms with Crippen LogP contribution in [0.25, 0.3) is 10.9 Å². The minimum atomic E-state index is -0.0322. The molecule has 1 aliphatic rings. The molecular formula is C24H29N5O2S. The van der Waals surface area contributed by atoms with Crippen LogP contribution in [-0.4, -0.2) is 57.3 Å². The third-order valence-electron chi connectivity index (χ3n) is 5.69. The van der Waals surface area contributed by atoms with Gasteiger partial charge < -0.3 is 9.80 Å². The summed E-state index contributed by atoms with van der Waals surface area (Å²) in [6.07, 6.45) is 2.68. The Bertz CT molecular complexity index is 1120. The van der Waals surface area contributed by atoms with Gasteiger partial charge >= 0.3 is 0 Å². The zero-order chi connectivity index (χ0) is 22.5. The van der Waals surface area contributed by atoms with E-state index >= 15 is 0 Å². The zero-order valence-electron chi connectivity index (χ0n) is 18.6. The van der Waals surface area contributed by atoms with Crippen molar-refractivity contribution in [3.05, 3.63) is 59.0 Å². The normalized spacial score (nSPS) is 14.3. The highest BCUT2D eigenvalue weighted by molar-refractivity contribution is 7.99. The van der Waals surface area contributed by atoms with Crippen LogP contribution in [0.4, 0.5) is 5.82 Å². The molecule has 1 aromatic carbocycles. The van der Waals surface area contributed by atoms with Crippen molar-refractivity contribution in [2.75, 3.05) is 36.8 Å². The standard InChI is InChI=1S/C24H29N5O2S/c1-18(2)10-12-29-23(31)19-7-3-4-8-20(19)26-24(29)32-17-22(30)28-15-13-27(14-16-28)21-9-5-6-11-25-21/h3-9,11,18H,10,12-17H2,1-2H3. The molecule has 1 amide bonds. The van der Waals surface area contributed by atoms with Gasteiger partial charge in [0.15, 0.2) is 5.16 Å². The van der Waals surface area contributed by atoms with Crippen LogP contribution in [0, 0.1) is 5.92 Å². The fourth-order valence-electron chi connectivity index (χ4n) is 3.79. The van der Waals surface area contributed by atoms with E-state index in [1.54, 1.807) is 10.8 Å². The van der Waals surface area contributed by atoms with Crippen LogP contribution in [0.5, 0.6) is 0 Å². The van der Waals surface area contributed by atoms with Gasteiger partial charge in [-0.3, -0.25) is 14.2 Å². The van der Waals surface area contributed by atoms with E-state index in [0.717, 1.165) is 25.3 Å². The van der Waals surface area contributed by atoms with E-state index in [0.29, 0.717) is 41.6 Å². The van der Waals surface area contributed by atoms with E-state index in [-0.39, 0.29) is 17.2 Å². The molecule has 168 valence electrons. The van der Waals surface area contributed by atoms with Crippen LogP contribution < -0.4 is 10.5 Å². The third-order valence-corrected chi connectivity index (χ3v) is 6.65. The summed E-state index contributed by atoms with van der Waals surface area (Å²) in [5.74, 6) is 1.77. The summed E-state index contributed by atoms with van der Waals surface area (Å²) >= 11 is 1.36. The number of fused-ring (bicyclic) bond motifs is 1. The van der Waals surface area contributed by atoms with Crippen molar-refractivity contribution in [3.63, 3.8) is 0 Å². The van der Waals surface area contributed by atoms with Crippen molar-refractivity contribution in [1.82, 2.24) is 19.4 Å². The monoisotopic (exact) mass is 451 g/mol. The number of thioether (sulfide) groups is 1. The van der Waals surface area contributed by atoms with Gasteiger partial charge in [-0.25, -0.2) is 9.97 Å². The Morgan fingerprint density at radius 1 is 1.06 bits per heavy atom. The largest absolute Gasteiger partial charge is 0.353 e. The van der Waals surface area contributed by atoms with Gasteiger partial charge in [-0.1, -0.05) is 43.8 Å². The maximum Gasteiger partial charge on any atom is 0.262 e. The molecule has 1 aliphatic heterocycles. The zero-order valence-corrected chi connectivity index (χ0v) is 19.4. The molecule has 32 heavy (non-hydrogen) atoms. The fraction of sp³-hybridized carbons (Fsp3) is 0.417. The van der Waals surface area contributed by atoms with Crippen molar-refractivity contribution >= 4 is 34.4 Å². The Morgan fingerprint density at radius 3 is 2.53 bits per heavy atom. The van der Waals surface area contributed by atoms with Gasteiger partial charge in [0.05, 0.1) is 16.7 Å². The summed E-state index contributed by atoms with van der Waals surface area (Å²) in [4.78, 5) is 39.2. The number of nitrogens with zero attached hydrogens (tertiary/aromatic N) is 5. The quantitative estimate of drug-likeness (QED) is 0.406. The number of hydrogen-bond donors (Lipinski definition) is 0. The number of para-hydroxylation sites is 1. The summed E-state index contributed by atoms with van der Waals surface area (Å²) in [5.41, 5.74) is 0.646. The van der Waals surface area contributed by atoms with Gasteiger partial charge in [-0.15, -0.1) is 0 Å². The van der Waals surface area contributed by atoms with Gasteiger partial charge in [-0.2, -0.15) is 0 Å². The van der Waals surface area contributed by atoms with Crippen molar-refractivity contribution in [2.45, 2.75) is 32.0 Å². The predicted octanol–water partition coefficient (Wildman–Crippen LogP) is 3.28. The van der Waals surface area contributed by atoms with Crippen LogP contribution >= 0.6 is 11.8 Å². The van der Waals surface area contributed by atoms with E-state index in [1.807, 2.05) is 47.4 Å². The van der Waals surface area contributed by atoms with Crippen LogP contribution in [0.15, 0.2) is 58.6 Å². The van der Waals surface area contributed by atoms with Crippen molar-refractivity contribution in [2.24, 2.45) is 5.92 Å². The van der Waals surface area contributed by atoms with E-state index < -0.39 is 0 Å². The van der Waals surface area contributed by atoms with Crippen LogP contribution in [0.2, 0.25) is 0 Å². The Balaban J connectivity index is 1.43. The van der Waals surface area contributed by atoms with E-state index in [9.17, 15) is 9.59 Å². The van der Waals surface area contributed by atoms with Gasteiger partial charge in [0.2, 0.25) is 5.91 Å². The number of pyridine rings is 1. The molecule has 0 N–H and O–H groups in total. The lowest BCUT2D eigenvalue weighted by atomic mass is 10.1. The molecule has 0 aliphatic carbocycles.